The average Bonchev–Trinajstić information content (AvgIpc) is 3.26. The molecular weight excluding hydrogens is 737 g/mol. The normalized spacial score (nSPS) is 11.3. The third kappa shape index (κ3) is 35.5. The lowest BCUT2D eigenvalue weighted by molar-refractivity contribution is 0.0937. The molecule has 350 valence electrons. The highest BCUT2D eigenvalue weighted by atomic mass is 16.5. The summed E-state index contributed by atoms with van der Waals surface area (Å²) in [6.45, 7) is 8.78. The van der Waals surface area contributed by atoms with Crippen LogP contribution in [0.2, 0.25) is 0 Å². The number of hydrogen-bond acceptors (Lipinski definition) is 3. The first-order valence-corrected chi connectivity index (χ1v) is 27.0. The van der Waals surface area contributed by atoms with Crippen LogP contribution in [-0.4, -0.2) is 31.5 Å². The van der Waals surface area contributed by atoms with Crippen molar-refractivity contribution in [3.8, 4) is 5.75 Å². The quantitative estimate of drug-likeness (QED) is 0.0643. The standard InChI is InChI=1S/C55H102N2O3/c1-4-7-10-13-16-19-21-23-25-27-29-31-33-36-39-42-47-56-54(58)51-45-46-52(53(50-51)60-49-44-41-38-35-18-15-12-9-6-3)55(59)57-48-43-40-37-34-32-30-28-26-24-22-20-17-14-11-8-5-2/h45-46,50H,4-44,47-49H2,1-3H3,(H,56,58)(H,57,59). The van der Waals surface area contributed by atoms with Crippen molar-refractivity contribution in [3.63, 3.8) is 0 Å². The van der Waals surface area contributed by atoms with E-state index in [1.807, 2.05) is 0 Å². The van der Waals surface area contributed by atoms with Gasteiger partial charge in [0.1, 0.15) is 5.75 Å². The molecule has 0 aliphatic rings. The van der Waals surface area contributed by atoms with E-state index in [9.17, 15) is 9.59 Å². The van der Waals surface area contributed by atoms with E-state index in [2.05, 4.69) is 31.4 Å². The topological polar surface area (TPSA) is 67.4 Å². The monoisotopic (exact) mass is 839 g/mol. The summed E-state index contributed by atoms with van der Waals surface area (Å²) in [7, 11) is 0. The number of ether oxygens (including phenoxy) is 1. The second kappa shape index (κ2) is 45.0. The van der Waals surface area contributed by atoms with Crippen molar-refractivity contribution >= 4 is 11.8 Å². The average molecular weight is 839 g/mol. The minimum absolute atomic E-state index is 0.0796. The number of hydrogen-bond donors (Lipinski definition) is 2. The first kappa shape index (κ1) is 56.0. The van der Waals surface area contributed by atoms with Gasteiger partial charge in [-0.25, -0.2) is 0 Å². The summed E-state index contributed by atoms with van der Waals surface area (Å²) in [5.41, 5.74) is 1.11. The minimum atomic E-state index is -0.0989. The third-order valence-electron chi connectivity index (χ3n) is 12.6. The third-order valence-corrected chi connectivity index (χ3v) is 12.6. The highest BCUT2D eigenvalue weighted by Gasteiger charge is 2.16. The van der Waals surface area contributed by atoms with Gasteiger partial charge in [-0.15, -0.1) is 0 Å². The zero-order chi connectivity index (χ0) is 43.2. The van der Waals surface area contributed by atoms with Gasteiger partial charge in [0, 0.05) is 18.7 Å². The van der Waals surface area contributed by atoms with Crippen LogP contribution in [0.15, 0.2) is 18.2 Å². The number of nitrogens with one attached hydrogen (secondary N) is 2. The molecule has 0 bridgehead atoms. The van der Waals surface area contributed by atoms with Crippen molar-refractivity contribution in [2.24, 2.45) is 0 Å². The SMILES string of the molecule is CCCCCCCCCCCCCCCCCCNC(=O)c1ccc(C(=O)NCCCCCCCCCCCCCCCCCC)c(OCCCCCCCCCCC)c1. The molecule has 1 aromatic rings. The number of rotatable bonds is 47. The summed E-state index contributed by atoms with van der Waals surface area (Å²) in [5.74, 6) is 0.358. The van der Waals surface area contributed by atoms with Crippen LogP contribution < -0.4 is 15.4 Å². The Hall–Kier alpha value is -2.04. The smallest absolute Gasteiger partial charge is 0.255 e. The van der Waals surface area contributed by atoms with Crippen LogP contribution in [-0.2, 0) is 0 Å². The van der Waals surface area contributed by atoms with Crippen LogP contribution in [0.3, 0.4) is 0 Å². The number of carbonyl (C=O) groups excluding carboxylic acids is 2. The lowest BCUT2D eigenvalue weighted by atomic mass is 10.0. The number of carbonyl (C=O) groups is 2. The Morgan fingerprint density at radius 3 is 0.983 bits per heavy atom. The van der Waals surface area contributed by atoms with E-state index in [0.717, 1.165) is 38.5 Å². The van der Waals surface area contributed by atoms with Crippen LogP contribution in [0.4, 0.5) is 0 Å². The van der Waals surface area contributed by atoms with E-state index in [-0.39, 0.29) is 11.8 Å². The van der Waals surface area contributed by atoms with Gasteiger partial charge >= 0.3 is 0 Å². The molecule has 0 fully saturated rings. The molecule has 0 heterocycles. The predicted molar refractivity (Wildman–Crippen MR) is 263 cm³/mol. The molecule has 0 saturated carbocycles. The van der Waals surface area contributed by atoms with Crippen molar-refractivity contribution in [1.29, 1.82) is 0 Å². The number of benzene rings is 1. The van der Waals surface area contributed by atoms with Crippen molar-refractivity contribution in [2.45, 2.75) is 284 Å². The Kier molecular flexibility index (Phi) is 42.0. The zero-order valence-electron chi connectivity index (χ0n) is 40.6. The summed E-state index contributed by atoms with van der Waals surface area (Å²) in [5, 5.41) is 6.27. The van der Waals surface area contributed by atoms with Crippen LogP contribution in [0.25, 0.3) is 0 Å². The van der Waals surface area contributed by atoms with E-state index in [1.165, 1.54) is 225 Å². The lowest BCUT2D eigenvalue weighted by Gasteiger charge is -2.14. The molecule has 0 aliphatic carbocycles. The Bertz CT molecular complexity index is 1070. The molecule has 1 aromatic carbocycles. The van der Waals surface area contributed by atoms with E-state index in [4.69, 9.17) is 4.74 Å². The highest BCUT2D eigenvalue weighted by molar-refractivity contribution is 6.00. The molecule has 0 saturated heterocycles. The van der Waals surface area contributed by atoms with Gasteiger partial charge in [0.25, 0.3) is 11.8 Å². The Labute approximate surface area is 374 Å². The van der Waals surface area contributed by atoms with Crippen LogP contribution in [0, 0.1) is 0 Å². The summed E-state index contributed by atoms with van der Waals surface area (Å²) < 4.78 is 6.24. The molecule has 0 radical (unpaired) electrons. The van der Waals surface area contributed by atoms with E-state index >= 15 is 0 Å². The van der Waals surface area contributed by atoms with Gasteiger partial charge in [0.15, 0.2) is 0 Å². The fourth-order valence-corrected chi connectivity index (χ4v) is 8.51. The Morgan fingerprint density at radius 2 is 0.650 bits per heavy atom. The molecule has 2 amide bonds. The molecule has 5 heteroatoms. The second-order valence-electron chi connectivity index (χ2n) is 18.5. The van der Waals surface area contributed by atoms with Crippen LogP contribution in [0.1, 0.15) is 305 Å². The molecule has 0 unspecified atom stereocenters. The summed E-state index contributed by atoms with van der Waals surface area (Å²) in [6.07, 6.45) is 54.2. The minimum Gasteiger partial charge on any atom is -0.493 e. The van der Waals surface area contributed by atoms with E-state index in [0.29, 0.717) is 36.6 Å². The van der Waals surface area contributed by atoms with Crippen LogP contribution in [0.5, 0.6) is 5.75 Å². The van der Waals surface area contributed by atoms with Gasteiger partial charge in [-0.2, -0.15) is 0 Å². The Morgan fingerprint density at radius 1 is 0.367 bits per heavy atom. The maximum atomic E-state index is 13.3. The van der Waals surface area contributed by atoms with Gasteiger partial charge in [0.2, 0.25) is 0 Å². The zero-order valence-corrected chi connectivity index (χ0v) is 40.6. The van der Waals surface area contributed by atoms with E-state index < -0.39 is 0 Å². The van der Waals surface area contributed by atoms with Crippen LogP contribution >= 0.6 is 0 Å². The first-order valence-electron chi connectivity index (χ1n) is 27.0. The second-order valence-corrected chi connectivity index (χ2v) is 18.5. The molecule has 2 N–H and O–H groups in total. The van der Waals surface area contributed by atoms with Gasteiger partial charge in [-0.3, -0.25) is 9.59 Å². The van der Waals surface area contributed by atoms with E-state index in [1.54, 1.807) is 18.2 Å². The lowest BCUT2D eigenvalue weighted by Crippen LogP contribution is -2.26. The molecule has 1 rings (SSSR count). The molecule has 0 aromatic heterocycles. The maximum absolute atomic E-state index is 13.3. The number of amides is 2. The molecule has 5 nitrogen and oxygen atoms in total. The fourth-order valence-electron chi connectivity index (χ4n) is 8.51. The van der Waals surface area contributed by atoms with Crippen molar-refractivity contribution < 1.29 is 14.3 Å². The molecule has 0 spiro atoms. The maximum Gasteiger partial charge on any atom is 0.255 e. The molecule has 0 aliphatic heterocycles. The summed E-state index contributed by atoms with van der Waals surface area (Å²) in [4.78, 5) is 26.5. The van der Waals surface area contributed by atoms with Crippen molar-refractivity contribution in [1.82, 2.24) is 10.6 Å². The molecule has 60 heavy (non-hydrogen) atoms. The fraction of sp³-hybridized carbons (Fsp3) is 0.855. The van der Waals surface area contributed by atoms with Gasteiger partial charge in [0.05, 0.1) is 12.2 Å². The van der Waals surface area contributed by atoms with Crippen molar-refractivity contribution in [3.05, 3.63) is 29.3 Å². The summed E-state index contributed by atoms with van der Waals surface area (Å²) in [6, 6.07) is 5.37. The predicted octanol–water partition coefficient (Wildman–Crippen LogP) is 17.6. The summed E-state index contributed by atoms with van der Waals surface area (Å²) >= 11 is 0. The number of unbranched alkanes of at least 4 members (excludes halogenated alkanes) is 38. The largest absolute Gasteiger partial charge is 0.493 e. The van der Waals surface area contributed by atoms with Crippen molar-refractivity contribution in [2.75, 3.05) is 19.7 Å². The van der Waals surface area contributed by atoms with Gasteiger partial charge < -0.3 is 15.4 Å². The first-order chi connectivity index (χ1) is 29.6. The van der Waals surface area contributed by atoms with Gasteiger partial charge in [-0.1, -0.05) is 265 Å². The molecular formula is C55H102N2O3. The molecule has 0 atom stereocenters. The highest BCUT2D eigenvalue weighted by Crippen LogP contribution is 2.23. The Balaban J connectivity index is 2.34. The van der Waals surface area contributed by atoms with Gasteiger partial charge in [-0.05, 0) is 37.5 Å².